The molecule has 19 heavy (non-hydrogen) atoms. The summed E-state index contributed by atoms with van der Waals surface area (Å²) in [7, 11) is 0. The lowest BCUT2D eigenvalue weighted by Gasteiger charge is -2.08. The normalized spacial score (nSPS) is 9.95. The first-order valence-corrected chi connectivity index (χ1v) is 7.09. The molecule has 0 fully saturated rings. The highest BCUT2D eigenvalue weighted by Crippen LogP contribution is 2.17. The van der Waals surface area contributed by atoms with Gasteiger partial charge in [0.05, 0.1) is 18.1 Å². The van der Waals surface area contributed by atoms with Crippen molar-refractivity contribution in [2.24, 2.45) is 0 Å². The van der Waals surface area contributed by atoms with E-state index in [9.17, 15) is 9.59 Å². The molecule has 104 valence electrons. The van der Waals surface area contributed by atoms with Gasteiger partial charge in [-0.3, -0.25) is 9.59 Å². The number of thioether (sulfide) groups is 1. The van der Waals surface area contributed by atoms with Gasteiger partial charge in [-0.05, 0) is 18.6 Å². The fourth-order valence-electron chi connectivity index (χ4n) is 1.31. The van der Waals surface area contributed by atoms with Gasteiger partial charge in [-0.1, -0.05) is 13.0 Å². The number of hydrogen-bond acceptors (Lipinski definition) is 4. The van der Waals surface area contributed by atoms with Crippen LogP contribution < -0.4 is 10.1 Å². The molecule has 0 aliphatic heterocycles. The zero-order chi connectivity index (χ0) is 14.1. The summed E-state index contributed by atoms with van der Waals surface area (Å²) >= 11 is 1.06. The number of carbonyl (C=O) groups is 2. The highest BCUT2D eigenvalue weighted by molar-refractivity contribution is 8.00. The van der Waals surface area contributed by atoms with E-state index < -0.39 is 5.97 Å². The number of carboxylic acids is 1. The minimum Gasteiger partial charge on any atom is -0.494 e. The van der Waals surface area contributed by atoms with Gasteiger partial charge in [-0.2, -0.15) is 0 Å². The van der Waals surface area contributed by atoms with E-state index in [1.807, 2.05) is 13.0 Å². The standard InChI is InChI=1S/C13H17NO4S/c1-2-6-18-11-5-3-4-10(7-11)14-12(15)8-19-9-13(16)17/h3-5,7H,2,6,8-9H2,1H3,(H,14,15)(H,16,17). The number of carbonyl (C=O) groups excluding carboxylic acids is 1. The largest absolute Gasteiger partial charge is 0.494 e. The summed E-state index contributed by atoms with van der Waals surface area (Å²) in [6.07, 6.45) is 0.919. The summed E-state index contributed by atoms with van der Waals surface area (Å²) < 4.78 is 5.46. The number of hydrogen-bond donors (Lipinski definition) is 2. The molecule has 1 aromatic carbocycles. The number of amides is 1. The summed E-state index contributed by atoms with van der Waals surface area (Å²) in [5.41, 5.74) is 0.648. The summed E-state index contributed by atoms with van der Waals surface area (Å²) in [5, 5.41) is 11.2. The van der Waals surface area contributed by atoms with Crippen LogP contribution in [-0.2, 0) is 9.59 Å². The average Bonchev–Trinajstić information content (AvgIpc) is 2.36. The van der Waals surface area contributed by atoms with Gasteiger partial charge in [0, 0.05) is 11.8 Å². The molecule has 0 saturated heterocycles. The van der Waals surface area contributed by atoms with E-state index in [4.69, 9.17) is 9.84 Å². The highest BCUT2D eigenvalue weighted by atomic mass is 32.2. The van der Waals surface area contributed by atoms with Gasteiger partial charge < -0.3 is 15.2 Å². The van der Waals surface area contributed by atoms with Crippen LogP contribution in [0.2, 0.25) is 0 Å². The Labute approximate surface area is 116 Å². The number of nitrogens with one attached hydrogen (secondary N) is 1. The zero-order valence-corrected chi connectivity index (χ0v) is 11.5. The minimum absolute atomic E-state index is 0.0763. The molecule has 1 aromatic rings. The first kappa shape index (κ1) is 15.4. The quantitative estimate of drug-likeness (QED) is 0.765. The molecule has 0 unspecified atom stereocenters. The van der Waals surface area contributed by atoms with Crippen LogP contribution in [0.3, 0.4) is 0 Å². The first-order valence-electron chi connectivity index (χ1n) is 5.94. The van der Waals surface area contributed by atoms with Crippen LogP contribution in [0.25, 0.3) is 0 Å². The van der Waals surface area contributed by atoms with Crippen molar-refractivity contribution in [1.82, 2.24) is 0 Å². The van der Waals surface area contributed by atoms with Gasteiger partial charge in [-0.25, -0.2) is 0 Å². The molecule has 0 aliphatic rings. The molecule has 1 amide bonds. The lowest BCUT2D eigenvalue weighted by Crippen LogP contribution is -2.15. The molecule has 6 heteroatoms. The second-order valence-electron chi connectivity index (χ2n) is 3.81. The van der Waals surface area contributed by atoms with E-state index in [0.29, 0.717) is 18.0 Å². The summed E-state index contributed by atoms with van der Waals surface area (Å²) in [6, 6.07) is 7.13. The second-order valence-corrected chi connectivity index (χ2v) is 4.80. The van der Waals surface area contributed by atoms with Gasteiger partial charge in [-0.15, -0.1) is 11.8 Å². The Morgan fingerprint density at radius 3 is 2.84 bits per heavy atom. The maximum absolute atomic E-state index is 11.6. The van der Waals surface area contributed by atoms with E-state index >= 15 is 0 Å². The maximum Gasteiger partial charge on any atom is 0.313 e. The minimum atomic E-state index is -0.923. The summed E-state index contributed by atoms with van der Waals surface area (Å²) in [6.45, 7) is 2.65. The Balaban J connectivity index is 2.42. The predicted molar refractivity (Wildman–Crippen MR) is 75.8 cm³/mol. The predicted octanol–water partition coefficient (Wildman–Crippen LogP) is 2.23. The van der Waals surface area contributed by atoms with E-state index in [1.54, 1.807) is 18.2 Å². The molecule has 0 bridgehead atoms. The van der Waals surface area contributed by atoms with Crippen LogP contribution in [0.15, 0.2) is 24.3 Å². The molecule has 0 spiro atoms. The molecule has 1 rings (SSSR count). The number of aliphatic carboxylic acids is 1. The van der Waals surface area contributed by atoms with Crippen molar-refractivity contribution >= 4 is 29.3 Å². The van der Waals surface area contributed by atoms with E-state index in [2.05, 4.69) is 5.32 Å². The molecular weight excluding hydrogens is 266 g/mol. The van der Waals surface area contributed by atoms with Crippen molar-refractivity contribution in [3.05, 3.63) is 24.3 Å². The van der Waals surface area contributed by atoms with Gasteiger partial charge in [0.25, 0.3) is 0 Å². The first-order chi connectivity index (χ1) is 9.11. The van der Waals surface area contributed by atoms with Crippen molar-refractivity contribution in [2.75, 3.05) is 23.4 Å². The van der Waals surface area contributed by atoms with E-state index in [-0.39, 0.29) is 17.4 Å². The Bertz CT molecular complexity index is 436. The molecule has 0 saturated carbocycles. The van der Waals surface area contributed by atoms with Crippen molar-refractivity contribution in [3.63, 3.8) is 0 Å². The van der Waals surface area contributed by atoms with E-state index in [0.717, 1.165) is 18.2 Å². The van der Waals surface area contributed by atoms with Crippen molar-refractivity contribution in [2.45, 2.75) is 13.3 Å². The summed E-state index contributed by atoms with van der Waals surface area (Å²) in [4.78, 5) is 21.9. The van der Waals surface area contributed by atoms with Gasteiger partial charge in [0.1, 0.15) is 5.75 Å². The topological polar surface area (TPSA) is 75.6 Å². The molecule has 0 aliphatic carbocycles. The Hall–Kier alpha value is -1.69. The fraction of sp³-hybridized carbons (Fsp3) is 0.385. The molecule has 5 nitrogen and oxygen atoms in total. The van der Waals surface area contributed by atoms with Crippen molar-refractivity contribution < 1.29 is 19.4 Å². The van der Waals surface area contributed by atoms with Crippen LogP contribution in [0.1, 0.15) is 13.3 Å². The number of carboxylic acid groups (broad SMARTS) is 1. The Kier molecular flexibility index (Phi) is 6.81. The average molecular weight is 283 g/mol. The smallest absolute Gasteiger partial charge is 0.313 e. The third-order valence-corrected chi connectivity index (χ3v) is 2.97. The van der Waals surface area contributed by atoms with Crippen LogP contribution in [0.4, 0.5) is 5.69 Å². The molecule has 0 radical (unpaired) electrons. The Morgan fingerprint density at radius 1 is 1.37 bits per heavy atom. The third kappa shape index (κ3) is 6.71. The Morgan fingerprint density at radius 2 is 2.16 bits per heavy atom. The molecular formula is C13H17NO4S. The SMILES string of the molecule is CCCOc1cccc(NC(=O)CSCC(=O)O)c1. The van der Waals surface area contributed by atoms with Crippen LogP contribution in [0.5, 0.6) is 5.75 Å². The van der Waals surface area contributed by atoms with Gasteiger partial charge >= 0.3 is 5.97 Å². The van der Waals surface area contributed by atoms with E-state index in [1.165, 1.54) is 0 Å². The second kappa shape index (κ2) is 8.42. The highest BCUT2D eigenvalue weighted by Gasteiger charge is 2.05. The van der Waals surface area contributed by atoms with Crippen LogP contribution in [0, 0.1) is 0 Å². The van der Waals surface area contributed by atoms with Gasteiger partial charge in [0.2, 0.25) is 5.91 Å². The van der Waals surface area contributed by atoms with Crippen molar-refractivity contribution in [1.29, 1.82) is 0 Å². The lowest BCUT2D eigenvalue weighted by atomic mass is 10.3. The monoisotopic (exact) mass is 283 g/mol. The molecule has 0 heterocycles. The van der Waals surface area contributed by atoms with Crippen LogP contribution >= 0.6 is 11.8 Å². The molecule has 2 N–H and O–H groups in total. The number of benzene rings is 1. The fourth-order valence-corrected chi connectivity index (χ4v) is 1.85. The molecule has 0 aromatic heterocycles. The third-order valence-electron chi connectivity index (χ3n) is 2.05. The number of ether oxygens (including phenoxy) is 1. The summed E-state index contributed by atoms with van der Waals surface area (Å²) in [5.74, 6) is -0.399. The maximum atomic E-state index is 11.6. The van der Waals surface area contributed by atoms with Gasteiger partial charge in [0.15, 0.2) is 0 Å². The van der Waals surface area contributed by atoms with Crippen molar-refractivity contribution in [3.8, 4) is 5.75 Å². The number of rotatable bonds is 8. The number of anilines is 1. The zero-order valence-electron chi connectivity index (χ0n) is 10.7. The van der Waals surface area contributed by atoms with Crippen LogP contribution in [-0.4, -0.2) is 35.1 Å². The molecule has 0 atom stereocenters. The lowest BCUT2D eigenvalue weighted by molar-refractivity contribution is -0.133.